The van der Waals surface area contributed by atoms with Crippen molar-refractivity contribution in [1.29, 1.82) is 0 Å². The van der Waals surface area contributed by atoms with E-state index in [0.717, 1.165) is 0 Å². The molecule has 1 aromatic carbocycles. The van der Waals surface area contributed by atoms with E-state index in [1.807, 2.05) is 6.92 Å². The first-order valence-electron chi connectivity index (χ1n) is 5.93. The normalized spacial score (nSPS) is 10.7. The Morgan fingerprint density at radius 3 is 2.58 bits per heavy atom. The highest BCUT2D eigenvalue weighted by Gasteiger charge is 2.14. The summed E-state index contributed by atoms with van der Waals surface area (Å²) in [5, 5.41) is 5.05. The maximum atomic E-state index is 12.1. The fourth-order valence-corrected chi connectivity index (χ4v) is 2.36. The van der Waals surface area contributed by atoms with E-state index in [4.69, 9.17) is 23.2 Å². The largest absolute Gasteiger partial charge is 0.299 e. The van der Waals surface area contributed by atoms with E-state index in [1.165, 1.54) is 6.33 Å². The Balaban J connectivity index is 2.10. The van der Waals surface area contributed by atoms with Crippen LogP contribution in [0.1, 0.15) is 18.3 Å². The van der Waals surface area contributed by atoms with Gasteiger partial charge in [-0.1, -0.05) is 29.3 Å². The van der Waals surface area contributed by atoms with Crippen LogP contribution in [0.3, 0.4) is 0 Å². The number of ketones is 1. The van der Waals surface area contributed by atoms with Crippen molar-refractivity contribution >= 4 is 29.0 Å². The molecule has 1 aromatic heterocycles. The highest BCUT2D eigenvalue weighted by Crippen LogP contribution is 2.25. The van der Waals surface area contributed by atoms with Crippen LogP contribution in [0.5, 0.6) is 0 Å². The molecule has 0 saturated heterocycles. The number of benzene rings is 1. The molecule has 0 fully saturated rings. The van der Waals surface area contributed by atoms with Crippen LogP contribution in [0.2, 0.25) is 10.0 Å². The van der Waals surface area contributed by atoms with Gasteiger partial charge in [0, 0.05) is 23.0 Å². The number of rotatable bonds is 5. The molecular weight excluding hydrogens is 285 g/mol. The second-order valence-corrected chi connectivity index (χ2v) is 4.90. The number of halogens is 2. The first-order valence-corrected chi connectivity index (χ1v) is 6.68. The van der Waals surface area contributed by atoms with Gasteiger partial charge < -0.3 is 0 Å². The molecule has 0 bridgehead atoms. The van der Waals surface area contributed by atoms with Crippen molar-refractivity contribution in [2.24, 2.45) is 0 Å². The third-order valence-corrected chi connectivity index (χ3v) is 3.49. The Labute approximate surface area is 121 Å². The summed E-state index contributed by atoms with van der Waals surface area (Å²) in [7, 11) is 0. The first kappa shape index (κ1) is 14.0. The molecule has 4 nitrogen and oxygen atoms in total. The van der Waals surface area contributed by atoms with Gasteiger partial charge in [-0.25, -0.2) is 9.67 Å². The lowest BCUT2D eigenvalue weighted by atomic mass is 10.1. The average Bonchev–Trinajstić information content (AvgIpc) is 2.81. The fourth-order valence-electron chi connectivity index (χ4n) is 1.83. The quantitative estimate of drug-likeness (QED) is 0.852. The van der Waals surface area contributed by atoms with E-state index >= 15 is 0 Å². The number of aromatic nitrogens is 3. The number of Topliss-reactive ketones (excluding diaryl/α,β-unsaturated/α-hetero) is 1. The van der Waals surface area contributed by atoms with Crippen molar-refractivity contribution in [3.8, 4) is 0 Å². The Morgan fingerprint density at radius 1 is 1.26 bits per heavy atom. The number of hydrogen-bond acceptors (Lipinski definition) is 3. The topological polar surface area (TPSA) is 47.8 Å². The molecule has 100 valence electrons. The van der Waals surface area contributed by atoms with E-state index in [1.54, 1.807) is 22.9 Å². The lowest BCUT2D eigenvalue weighted by Gasteiger charge is -2.06. The molecule has 0 spiro atoms. The van der Waals surface area contributed by atoms with Crippen LogP contribution in [0.15, 0.2) is 24.5 Å². The predicted octanol–water partition coefficient (Wildman–Crippen LogP) is 2.96. The molecule has 1 heterocycles. The first-order chi connectivity index (χ1) is 9.11. The summed E-state index contributed by atoms with van der Waals surface area (Å²) in [6.45, 7) is 2.64. The van der Waals surface area contributed by atoms with Crippen molar-refractivity contribution < 1.29 is 4.79 Å². The maximum absolute atomic E-state index is 12.1. The van der Waals surface area contributed by atoms with Crippen LogP contribution in [0, 0.1) is 0 Å². The number of carbonyl (C=O) groups is 1. The second-order valence-electron chi connectivity index (χ2n) is 4.08. The zero-order valence-corrected chi connectivity index (χ0v) is 11.9. The summed E-state index contributed by atoms with van der Waals surface area (Å²) < 4.78 is 1.70. The fraction of sp³-hybridized carbons (Fsp3) is 0.308. The third kappa shape index (κ3) is 3.33. The molecule has 0 amide bonds. The molecule has 0 aliphatic rings. The molecule has 0 N–H and O–H groups in total. The standard InChI is InChI=1S/C13H13Cl2N3O/c1-2-18-13(16-8-17-18)7-9(19)6-10-11(14)4-3-5-12(10)15/h3-5,8H,2,6-7H2,1H3. The minimum Gasteiger partial charge on any atom is -0.299 e. The number of carbonyl (C=O) groups excluding carboxylic acids is 1. The van der Waals surface area contributed by atoms with Gasteiger partial charge in [-0.05, 0) is 24.6 Å². The number of aryl methyl sites for hydroxylation is 1. The van der Waals surface area contributed by atoms with Crippen LogP contribution < -0.4 is 0 Å². The van der Waals surface area contributed by atoms with Crippen molar-refractivity contribution in [2.75, 3.05) is 0 Å². The molecule has 0 saturated carbocycles. The van der Waals surface area contributed by atoms with Gasteiger partial charge in [-0.2, -0.15) is 5.10 Å². The molecule has 2 rings (SSSR count). The smallest absolute Gasteiger partial charge is 0.144 e. The minimum atomic E-state index is 0.0118. The summed E-state index contributed by atoms with van der Waals surface area (Å²) in [5.41, 5.74) is 0.665. The maximum Gasteiger partial charge on any atom is 0.144 e. The summed E-state index contributed by atoms with van der Waals surface area (Å²) in [6.07, 6.45) is 1.89. The minimum absolute atomic E-state index is 0.0118. The average molecular weight is 298 g/mol. The van der Waals surface area contributed by atoms with Gasteiger partial charge in [0.1, 0.15) is 17.9 Å². The predicted molar refractivity (Wildman–Crippen MR) is 74.6 cm³/mol. The van der Waals surface area contributed by atoms with Crippen LogP contribution in [0.25, 0.3) is 0 Å². The van der Waals surface area contributed by atoms with Crippen LogP contribution in [-0.4, -0.2) is 20.5 Å². The lowest BCUT2D eigenvalue weighted by Crippen LogP contribution is -2.13. The Kier molecular flexibility index (Phi) is 4.56. The van der Waals surface area contributed by atoms with Crippen LogP contribution >= 0.6 is 23.2 Å². The monoisotopic (exact) mass is 297 g/mol. The SMILES string of the molecule is CCn1ncnc1CC(=O)Cc1c(Cl)cccc1Cl. The molecule has 0 atom stereocenters. The highest BCUT2D eigenvalue weighted by molar-refractivity contribution is 6.36. The Bertz CT molecular complexity index is 575. The summed E-state index contributed by atoms with van der Waals surface area (Å²) in [6, 6.07) is 5.21. The molecule has 0 radical (unpaired) electrons. The van der Waals surface area contributed by atoms with Gasteiger partial charge in [0.2, 0.25) is 0 Å². The third-order valence-electron chi connectivity index (χ3n) is 2.79. The van der Waals surface area contributed by atoms with E-state index < -0.39 is 0 Å². The molecule has 0 aliphatic carbocycles. The number of hydrogen-bond donors (Lipinski definition) is 0. The molecule has 19 heavy (non-hydrogen) atoms. The molecular formula is C13H13Cl2N3O. The van der Waals surface area contributed by atoms with Crippen molar-refractivity contribution in [3.05, 3.63) is 46.0 Å². The number of nitrogens with zero attached hydrogens (tertiary/aromatic N) is 3. The van der Waals surface area contributed by atoms with Crippen LogP contribution in [0.4, 0.5) is 0 Å². The Hall–Kier alpha value is -1.39. The van der Waals surface area contributed by atoms with Crippen molar-refractivity contribution in [1.82, 2.24) is 14.8 Å². The zero-order chi connectivity index (χ0) is 13.8. The van der Waals surface area contributed by atoms with Crippen LogP contribution in [-0.2, 0) is 24.2 Å². The van der Waals surface area contributed by atoms with Gasteiger partial charge in [0.25, 0.3) is 0 Å². The van der Waals surface area contributed by atoms with E-state index in [2.05, 4.69) is 10.1 Å². The van der Waals surface area contributed by atoms with E-state index in [0.29, 0.717) is 28.0 Å². The van der Waals surface area contributed by atoms with Gasteiger partial charge in [0.05, 0.1) is 6.42 Å². The summed E-state index contributed by atoms with van der Waals surface area (Å²) in [5.74, 6) is 0.674. The highest BCUT2D eigenvalue weighted by atomic mass is 35.5. The molecule has 0 unspecified atom stereocenters. The lowest BCUT2D eigenvalue weighted by molar-refractivity contribution is -0.117. The van der Waals surface area contributed by atoms with Gasteiger partial charge in [-0.3, -0.25) is 4.79 Å². The molecule has 0 aliphatic heterocycles. The van der Waals surface area contributed by atoms with Gasteiger partial charge >= 0.3 is 0 Å². The molecule has 6 heteroatoms. The van der Waals surface area contributed by atoms with Gasteiger partial charge in [0.15, 0.2) is 0 Å². The van der Waals surface area contributed by atoms with Crippen molar-refractivity contribution in [2.45, 2.75) is 26.3 Å². The van der Waals surface area contributed by atoms with E-state index in [-0.39, 0.29) is 18.6 Å². The molecule has 2 aromatic rings. The zero-order valence-electron chi connectivity index (χ0n) is 10.4. The summed E-state index contributed by atoms with van der Waals surface area (Å²) >= 11 is 12.1. The van der Waals surface area contributed by atoms with E-state index in [9.17, 15) is 4.79 Å². The Morgan fingerprint density at radius 2 is 1.95 bits per heavy atom. The summed E-state index contributed by atoms with van der Waals surface area (Å²) in [4.78, 5) is 16.1. The van der Waals surface area contributed by atoms with Gasteiger partial charge in [-0.15, -0.1) is 0 Å². The van der Waals surface area contributed by atoms with Crippen molar-refractivity contribution in [3.63, 3.8) is 0 Å². The second kappa shape index (κ2) is 6.17.